The number of nitrogens with zero attached hydrogens (tertiary/aromatic N) is 3. The third kappa shape index (κ3) is 2.34. The molecule has 1 heterocycles. The van der Waals surface area contributed by atoms with E-state index >= 15 is 0 Å². The Labute approximate surface area is 118 Å². The first-order valence-electron chi connectivity index (χ1n) is 6.69. The zero-order valence-electron chi connectivity index (χ0n) is 11.2. The van der Waals surface area contributed by atoms with Crippen LogP contribution in [0.15, 0.2) is 43.2 Å². The molecule has 1 aliphatic rings. The van der Waals surface area contributed by atoms with Gasteiger partial charge in [0.05, 0.1) is 6.04 Å². The van der Waals surface area contributed by atoms with Gasteiger partial charge in [0.25, 0.3) is 0 Å². The van der Waals surface area contributed by atoms with Gasteiger partial charge in [-0.25, -0.2) is 9.97 Å². The van der Waals surface area contributed by atoms with Gasteiger partial charge < -0.3 is 11.1 Å². The number of nitrogens with one attached hydrogen (secondary N) is 1. The lowest BCUT2D eigenvalue weighted by atomic mass is 9.93. The van der Waals surface area contributed by atoms with E-state index in [2.05, 4.69) is 51.1 Å². The van der Waals surface area contributed by atoms with E-state index in [1.54, 1.807) is 0 Å². The summed E-state index contributed by atoms with van der Waals surface area (Å²) in [5.41, 5.74) is 8.38. The second-order valence-electron chi connectivity index (χ2n) is 4.92. The molecule has 20 heavy (non-hydrogen) atoms. The summed E-state index contributed by atoms with van der Waals surface area (Å²) < 4.78 is 0. The van der Waals surface area contributed by atoms with Crippen LogP contribution in [0.1, 0.15) is 23.5 Å². The van der Waals surface area contributed by atoms with Crippen LogP contribution in [0.2, 0.25) is 0 Å². The summed E-state index contributed by atoms with van der Waals surface area (Å²) in [6, 6.07) is 8.63. The Morgan fingerprint density at radius 2 is 2.20 bits per heavy atom. The predicted molar refractivity (Wildman–Crippen MR) is 79.4 cm³/mol. The zero-order valence-corrected chi connectivity index (χ0v) is 11.2. The first-order valence-corrected chi connectivity index (χ1v) is 6.69. The molecular formula is C15H17N5. The first-order chi connectivity index (χ1) is 9.78. The van der Waals surface area contributed by atoms with Crippen molar-refractivity contribution in [3.8, 4) is 0 Å². The fourth-order valence-electron chi connectivity index (χ4n) is 2.81. The number of fused-ring (bicyclic) bond motifs is 1. The molecule has 1 aliphatic carbocycles. The van der Waals surface area contributed by atoms with Crippen LogP contribution < -0.4 is 11.1 Å². The molecule has 3 N–H and O–H groups in total. The van der Waals surface area contributed by atoms with Gasteiger partial charge >= 0.3 is 0 Å². The third-order valence-corrected chi connectivity index (χ3v) is 3.75. The van der Waals surface area contributed by atoms with Crippen LogP contribution in [0.5, 0.6) is 0 Å². The van der Waals surface area contributed by atoms with Crippen molar-refractivity contribution in [1.82, 2.24) is 15.0 Å². The van der Waals surface area contributed by atoms with Crippen molar-refractivity contribution in [1.29, 1.82) is 0 Å². The highest BCUT2D eigenvalue weighted by Gasteiger charge is 2.28. The molecule has 2 aromatic rings. The average molecular weight is 267 g/mol. The molecule has 2 atom stereocenters. The number of hydrogen-bond donors (Lipinski definition) is 2. The molecule has 5 nitrogen and oxygen atoms in total. The molecule has 0 amide bonds. The van der Waals surface area contributed by atoms with Gasteiger partial charge in [0.1, 0.15) is 6.33 Å². The maximum atomic E-state index is 5.58. The highest BCUT2D eigenvalue weighted by atomic mass is 15.2. The summed E-state index contributed by atoms with van der Waals surface area (Å²) in [6.45, 7) is 3.93. The van der Waals surface area contributed by atoms with E-state index < -0.39 is 0 Å². The summed E-state index contributed by atoms with van der Waals surface area (Å²) in [7, 11) is 0. The molecule has 0 radical (unpaired) electrons. The highest BCUT2D eigenvalue weighted by Crippen LogP contribution is 2.36. The molecule has 1 aromatic heterocycles. The molecular weight excluding hydrogens is 250 g/mol. The smallest absolute Gasteiger partial charge is 0.227 e. The molecule has 1 aromatic carbocycles. The Kier molecular flexibility index (Phi) is 3.33. The van der Waals surface area contributed by atoms with E-state index in [0.717, 1.165) is 12.8 Å². The van der Waals surface area contributed by atoms with Crippen LogP contribution in [0.4, 0.5) is 11.9 Å². The maximum Gasteiger partial charge on any atom is 0.227 e. The van der Waals surface area contributed by atoms with Gasteiger partial charge in [-0.2, -0.15) is 4.98 Å². The van der Waals surface area contributed by atoms with E-state index in [4.69, 9.17) is 5.73 Å². The molecule has 0 saturated heterocycles. The monoisotopic (exact) mass is 267 g/mol. The molecule has 0 saturated carbocycles. The molecule has 3 rings (SSSR count). The van der Waals surface area contributed by atoms with Crippen LogP contribution in [0.3, 0.4) is 0 Å². The van der Waals surface area contributed by atoms with Crippen LogP contribution >= 0.6 is 0 Å². The number of aryl methyl sites for hydroxylation is 1. The van der Waals surface area contributed by atoms with Crippen molar-refractivity contribution in [3.05, 3.63) is 54.4 Å². The van der Waals surface area contributed by atoms with Crippen molar-refractivity contribution >= 4 is 11.9 Å². The Bertz CT molecular complexity index is 625. The SMILES string of the molecule is C=CC(Nc1ncnc(N)n1)C1CCc2ccccc21. The molecule has 0 fully saturated rings. The van der Waals surface area contributed by atoms with Crippen molar-refractivity contribution in [2.45, 2.75) is 24.8 Å². The Morgan fingerprint density at radius 3 is 3.00 bits per heavy atom. The summed E-state index contributed by atoms with van der Waals surface area (Å²) in [4.78, 5) is 12.0. The fourth-order valence-corrected chi connectivity index (χ4v) is 2.81. The number of anilines is 2. The quantitative estimate of drug-likeness (QED) is 0.830. The van der Waals surface area contributed by atoms with Gasteiger partial charge in [-0.05, 0) is 24.0 Å². The largest absolute Gasteiger partial charge is 0.368 e. The molecule has 5 heteroatoms. The summed E-state index contributed by atoms with van der Waals surface area (Å²) in [5, 5.41) is 3.29. The van der Waals surface area contributed by atoms with Crippen molar-refractivity contribution in [2.75, 3.05) is 11.1 Å². The van der Waals surface area contributed by atoms with Gasteiger partial charge in [-0.15, -0.1) is 6.58 Å². The van der Waals surface area contributed by atoms with Crippen LogP contribution in [0, 0.1) is 0 Å². The fraction of sp³-hybridized carbons (Fsp3) is 0.267. The zero-order chi connectivity index (χ0) is 13.9. The number of nitrogens with two attached hydrogens (primary N) is 1. The topological polar surface area (TPSA) is 76.7 Å². The van der Waals surface area contributed by atoms with Gasteiger partial charge in [-0.3, -0.25) is 0 Å². The van der Waals surface area contributed by atoms with Crippen molar-refractivity contribution in [2.24, 2.45) is 0 Å². The van der Waals surface area contributed by atoms with Crippen molar-refractivity contribution in [3.63, 3.8) is 0 Å². The van der Waals surface area contributed by atoms with E-state index in [9.17, 15) is 0 Å². The number of hydrogen-bond acceptors (Lipinski definition) is 5. The number of rotatable bonds is 4. The minimum Gasteiger partial charge on any atom is -0.368 e. The third-order valence-electron chi connectivity index (χ3n) is 3.75. The minimum atomic E-state index is 0.0837. The molecule has 2 unspecified atom stereocenters. The molecule has 0 bridgehead atoms. The second-order valence-corrected chi connectivity index (χ2v) is 4.92. The van der Waals surface area contributed by atoms with E-state index in [1.165, 1.54) is 17.5 Å². The first kappa shape index (κ1) is 12.6. The van der Waals surface area contributed by atoms with Crippen LogP contribution in [0.25, 0.3) is 0 Å². The predicted octanol–water partition coefficient (Wildman–Crippen LogP) is 2.15. The van der Waals surface area contributed by atoms with E-state index in [-0.39, 0.29) is 12.0 Å². The highest BCUT2D eigenvalue weighted by molar-refractivity contribution is 5.41. The summed E-state index contributed by atoms with van der Waals surface area (Å²) >= 11 is 0. The van der Waals surface area contributed by atoms with Gasteiger partial charge in [0, 0.05) is 5.92 Å². The Balaban J connectivity index is 1.83. The molecule has 0 aliphatic heterocycles. The van der Waals surface area contributed by atoms with Crippen LogP contribution in [-0.4, -0.2) is 21.0 Å². The van der Waals surface area contributed by atoms with Gasteiger partial charge in [0.2, 0.25) is 11.9 Å². The number of nitrogen functional groups attached to an aromatic ring is 1. The molecule has 102 valence electrons. The van der Waals surface area contributed by atoms with Gasteiger partial charge in [-0.1, -0.05) is 30.3 Å². The van der Waals surface area contributed by atoms with Gasteiger partial charge in [0.15, 0.2) is 0 Å². The molecule has 0 spiro atoms. The Hall–Kier alpha value is -2.43. The number of aromatic nitrogens is 3. The average Bonchev–Trinajstić information content (AvgIpc) is 2.89. The Morgan fingerprint density at radius 1 is 1.35 bits per heavy atom. The standard InChI is InChI=1S/C15H17N5/c1-2-13(19-15-18-9-17-14(16)20-15)12-8-7-10-5-3-4-6-11(10)12/h2-6,9,12-13H,1,7-8H2,(H3,16,17,18,19,20). The summed E-state index contributed by atoms with van der Waals surface area (Å²) in [6.07, 6.45) is 5.52. The second kappa shape index (κ2) is 5.28. The van der Waals surface area contributed by atoms with Crippen molar-refractivity contribution < 1.29 is 0 Å². The normalized spacial score (nSPS) is 18.3. The van der Waals surface area contributed by atoms with Crippen LogP contribution in [-0.2, 0) is 6.42 Å². The lowest BCUT2D eigenvalue weighted by Gasteiger charge is -2.22. The minimum absolute atomic E-state index is 0.0837. The van der Waals surface area contributed by atoms with E-state index in [1.807, 2.05) is 6.08 Å². The lowest BCUT2D eigenvalue weighted by molar-refractivity contribution is 0.629. The lowest BCUT2D eigenvalue weighted by Crippen LogP contribution is -2.25. The van der Waals surface area contributed by atoms with E-state index in [0.29, 0.717) is 11.9 Å². The maximum absolute atomic E-state index is 5.58. The number of benzene rings is 1. The summed E-state index contributed by atoms with van der Waals surface area (Å²) in [5.74, 6) is 1.10.